The van der Waals surface area contributed by atoms with Crippen LogP contribution in [0.1, 0.15) is 33.6 Å². The van der Waals surface area contributed by atoms with Crippen LogP contribution < -0.4 is 20.1 Å². The van der Waals surface area contributed by atoms with Gasteiger partial charge in [-0.25, -0.2) is 0 Å². The van der Waals surface area contributed by atoms with E-state index in [0.717, 1.165) is 49.9 Å². The molecule has 1 saturated heterocycles. The third-order valence-electron chi connectivity index (χ3n) is 4.58. The molecule has 7 nitrogen and oxygen atoms in total. The van der Waals surface area contributed by atoms with Crippen LogP contribution in [-0.2, 0) is 4.79 Å². The smallest absolute Gasteiger partial charge is 0.225 e. The van der Waals surface area contributed by atoms with Gasteiger partial charge in [-0.1, -0.05) is 13.8 Å². The highest BCUT2D eigenvalue weighted by Crippen LogP contribution is 2.17. The molecule has 1 amide bonds. The van der Waals surface area contributed by atoms with Crippen molar-refractivity contribution in [2.45, 2.75) is 39.7 Å². The van der Waals surface area contributed by atoms with Crippen LogP contribution in [-0.4, -0.2) is 62.7 Å². The molecule has 0 spiro atoms. The summed E-state index contributed by atoms with van der Waals surface area (Å²) in [5.74, 6) is 2.72. The van der Waals surface area contributed by atoms with Gasteiger partial charge in [0.1, 0.15) is 11.5 Å². The Hall–Kier alpha value is -1.71. The Balaban J connectivity index is 0.00000420. The van der Waals surface area contributed by atoms with E-state index in [2.05, 4.69) is 15.6 Å². The topological polar surface area (TPSA) is 75.2 Å². The van der Waals surface area contributed by atoms with Crippen molar-refractivity contribution in [1.29, 1.82) is 0 Å². The number of hydrogen-bond acceptors (Lipinski definition) is 4. The summed E-state index contributed by atoms with van der Waals surface area (Å²) < 4.78 is 10.9. The second kappa shape index (κ2) is 13.5. The molecule has 1 heterocycles. The number of amides is 1. The van der Waals surface area contributed by atoms with Crippen molar-refractivity contribution in [2.75, 3.05) is 39.9 Å². The Morgan fingerprint density at radius 3 is 2.59 bits per heavy atom. The molecule has 2 rings (SSSR count). The van der Waals surface area contributed by atoms with Gasteiger partial charge in [0, 0.05) is 44.6 Å². The van der Waals surface area contributed by atoms with Gasteiger partial charge in [-0.2, -0.15) is 0 Å². The third-order valence-corrected chi connectivity index (χ3v) is 4.58. The summed E-state index contributed by atoms with van der Waals surface area (Å²) in [5, 5.41) is 6.73. The van der Waals surface area contributed by atoms with Crippen molar-refractivity contribution in [3.05, 3.63) is 24.3 Å². The number of nitrogens with zero attached hydrogens (tertiary/aromatic N) is 2. The van der Waals surface area contributed by atoms with E-state index in [1.54, 1.807) is 7.11 Å². The number of hydrogen-bond donors (Lipinski definition) is 2. The molecule has 1 unspecified atom stereocenters. The third kappa shape index (κ3) is 8.67. The Bertz CT molecular complexity index is 637. The summed E-state index contributed by atoms with van der Waals surface area (Å²) >= 11 is 0. The largest absolute Gasteiger partial charge is 0.497 e. The van der Waals surface area contributed by atoms with E-state index in [4.69, 9.17) is 9.47 Å². The first-order valence-corrected chi connectivity index (χ1v) is 10.1. The van der Waals surface area contributed by atoms with E-state index in [1.165, 1.54) is 0 Å². The normalized spacial score (nSPS) is 16.4. The molecule has 0 bridgehead atoms. The number of halogens is 1. The SMILES string of the molecule is CCNC(=NCCCOc1ccc(OC)cc1)NC1CCN(C(=O)C(C)C)C1.I. The Labute approximate surface area is 191 Å². The van der Waals surface area contributed by atoms with Gasteiger partial charge in [0.15, 0.2) is 5.96 Å². The molecule has 1 aromatic rings. The van der Waals surface area contributed by atoms with Gasteiger partial charge in [-0.15, -0.1) is 24.0 Å². The average Bonchev–Trinajstić information content (AvgIpc) is 3.16. The van der Waals surface area contributed by atoms with Crippen LogP contribution in [0.4, 0.5) is 0 Å². The molecule has 0 radical (unpaired) electrons. The van der Waals surface area contributed by atoms with Crippen LogP contribution in [0.25, 0.3) is 0 Å². The summed E-state index contributed by atoms with van der Waals surface area (Å²) in [6.45, 7) is 9.57. The zero-order chi connectivity index (χ0) is 20.4. The number of likely N-dealkylation sites (tertiary alicyclic amines) is 1. The molecule has 8 heteroatoms. The minimum absolute atomic E-state index is 0. The lowest BCUT2D eigenvalue weighted by Crippen LogP contribution is -2.45. The van der Waals surface area contributed by atoms with Gasteiger partial charge >= 0.3 is 0 Å². The number of carbonyl (C=O) groups is 1. The number of ether oxygens (including phenoxy) is 2. The Kier molecular flexibility index (Phi) is 11.8. The van der Waals surface area contributed by atoms with Gasteiger partial charge in [0.2, 0.25) is 5.91 Å². The quantitative estimate of drug-likeness (QED) is 0.228. The van der Waals surface area contributed by atoms with E-state index < -0.39 is 0 Å². The molecule has 1 aliphatic rings. The van der Waals surface area contributed by atoms with Crippen LogP contribution >= 0.6 is 24.0 Å². The van der Waals surface area contributed by atoms with Crippen molar-refractivity contribution in [1.82, 2.24) is 15.5 Å². The van der Waals surface area contributed by atoms with Crippen molar-refractivity contribution < 1.29 is 14.3 Å². The van der Waals surface area contributed by atoms with Crippen LogP contribution in [0.15, 0.2) is 29.3 Å². The molecule has 0 aromatic heterocycles. The fraction of sp³-hybridized carbons (Fsp3) is 0.619. The number of rotatable bonds is 9. The zero-order valence-electron chi connectivity index (χ0n) is 17.9. The second-order valence-corrected chi connectivity index (χ2v) is 7.21. The first-order valence-electron chi connectivity index (χ1n) is 10.1. The molecule has 0 aliphatic carbocycles. The summed E-state index contributed by atoms with van der Waals surface area (Å²) in [6, 6.07) is 7.82. The lowest BCUT2D eigenvalue weighted by molar-refractivity contribution is -0.133. The molecule has 1 aromatic carbocycles. The van der Waals surface area contributed by atoms with Gasteiger partial charge < -0.3 is 25.0 Å². The highest BCUT2D eigenvalue weighted by Gasteiger charge is 2.27. The molecule has 0 saturated carbocycles. The van der Waals surface area contributed by atoms with E-state index in [0.29, 0.717) is 13.2 Å². The fourth-order valence-corrected chi connectivity index (χ4v) is 3.07. The second-order valence-electron chi connectivity index (χ2n) is 7.21. The summed E-state index contributed by atoms with van der Waals surface area (Å²) in [5.41, 5.74) is 0. The molecule has 2 N–H and O–H groups in total. The molecular weight excluding hydrogens is 483 g/mol. The first-order chi connectivity index (χ1) is 13.5. The van der Waals surface area contributed by atoms with E-state index in [1.807, 2.05) is 49.9 Å². The van der Waals surface area contributed by atoms with Crippen molar-refractivity contribution in [3.8, 4) is 11.5 Å². The van der Waals surface area contributed by atoms with Crippen molar-refractivity contribution in [3.63, 3.8) is 0 Å². The standard InChI is InChI=1S/C21H34N4O3.HI/c1-5-22-21(24-17-11-13-25(15-17)20(26)16(2)3)23-12-6-14-28-19-9-7-18(27-4)8-10-19;/h7-10,16-17H,5-6,11-15H2,1-4H3,(H2,22,23,24);1H. The number of nitrogens with one attached hydrogen (secondary N) is 2. The first kappa shape index (κ1) is 25.3. The molecule has 1 aliphatic heterocycles. The van der Waals surface area contributed by atoms with Crippen LogP contribution in [0, 0.1) is 5.92 Å². The minimum Gasteiger partial charge on any atom is -0.497 e. The molecule has 29 heavy (non-hydrogen) atoms. The van der Waals surface area contributed by atoms with Crippen molar-refractivity contribution in [2.24, 2.45) is 10.9 Å². The Morgan fingerprint density at radius 1 is 1.28 bits per heavy atom. The zero-order valence-corrected chi connectivity index (χ0v) is 20.3. The maximum Gasteiger partial charge on any atom is 0.225 e. The summed E-state index contributed by atoms with van der Waals surface area (Å²) in [4.78, 5) is 18.7. The maximum atomic E-state index is 12.1. The lowest BCUT2D eigenvalue weighted by Gasteiger charge is -2.20. The van der Waals surface area contributed by atoms with E-state index in [9.17, 15) is 4.79 Å². The summed E-state index contributed by atoms with van der Waals surface area (Å²) in [6.07, 6.45) is 1.77. The van der Waals surface area contributed by atoms with Gasteiger partial charge in [-0.05, 0) is 37.6 Å². The number of aliphatic imine (C=N–C) groups is 1. The minimum atomic E-state index is 0. The van der Waals surface area contributed by atoms with Crippen molar-refractivity contribution >= 4 is 35.8 Å². The maximum absolute atomic E-state index is 12.1. The Morgan fingerprint density at radius 2 is 1.97 bits per heavy atom. The highest BCUT2D eigenvalue weighted by atomic mass is 127. The molecule has 164 valence electrons. The van der Waals surface area contributed by atoms with Crippen LogP contribution in [0.5, 0.6) is 11.5 Å². The molecular formula is C21H35IN4O3. The lowest BCUT2D eigenvalue weighted by atomic mass is 10.2. The summed E-state index contributed by atoms with van der Waals surface area (Å²) in [7, 11) is 1.65. The van der Waals surface area contributed by atoms with Crippen LogP contribution in [0.2, 0.25) is 0 Å². The number of guanidine groups is 1. The predicted molar refractivity (Wildman–Crippen MR) is 127 cm³/mol. The fourth-order valence-electron chi connectivity index (χ4n) is 3.07. The molecule has 1 atom stereocenters. The number of carbonyl (C=O) groups excluding carboxylic acids is 1. The van der Waals surface area contributed by atoms with Gasteiger partial charge in [0.05, 0.1) is 13.7 Å². The molecule has 1 fully saturated rings. The highest BCUT2D eigenvalue weighted by molar-refractivity contribution is 14.0. The van der Waals surface area contributed by atoms with E-state index in [-0.39, 0.29) is 41.8 Å². The van der Waals surface area contributed by atoms with Crippen LogP contribution in [0.3, 0.4) is 0 Å². The number of methoxy groups -OCH3 is 1. The van der Waals surface area contributed by atoms with Gasteiger partial charge in [0.25, 0.3) is 0 Å². The van der Waals surface area contributed by atoms with Gasteiger partial charge in [-0.3, -0.25) is 9.79 Å². The number of benzene rings is 1. The van der Waals surface area contributed by atoms with E-state index >= 15 is 0 Å². The average molecular weight is 518 g/mol. The predicted octanol–water partition coefficient (Wildman–Crippen LogP) is 2.89. The monoisotopic (exact) mass is 518 g/mol.